The van der Waals surface area contributed by atoms with Crippen molar-refractivity contribution in [3.05, 3.63) is 29.8 Å². The minimum Gasteiger partial charge on any atom is -0.492 e. The van der Waals surface area contributed by atoms with Gasteiger partial charge >= 0.3 is 0 Å². The van der Waals surface area contributed by atoms with E-state index in [0.717, 1.165) is 31.4 Å². The van der Waals surface area contributed by atoms with E-state index in [4.69, 9.17) is 4.74 Å². The van der Waals surface area contributed by atoms with Gasteiger partial charge in [-0.25, -0.2) is 0 Å². The lowest BCUT2D eigenvalue weighted by atomic mass is 10.0. The Kier molecular flexibility index (Phi) is 5.23. The SMILES string of the molecule is CCC(NC)c1cccc(OCCN(C)C2CC2)c1. The summed E-state index contributed by atoms with van der Waals surface area (Å²) in [5.74, 6) is 0.982. The van der Waals surface area contributed by atoms with Gasteiger partial charge in [0.2, 0.25) is 0 Å². The van der Waals surface area contributed by atoms with Crippen LogP contribution in [0.1, 0.15) is 37.8 Å². The molecule has 0 saturated heterocycles. The summed E-state index contributed by atoms with van der Waals surface area (Å²) >= 11 is 0. The highest BCUT2D eigenvalue weighted by Crippen LogP contribution is 2.25. The van der Waals surface area contributed by atoms with Crippen molar-refractivity contribution in [2.24, 2.45) is 0 Å². The standard InChI is InChI=1S/C16H26N2O/c1-4-16(17-2)13-6-5-7-15(12-13)19-11-10-18(3)14-8-9-14/h5-7,12,14,16-17H,4,8-11H2,1-3H3. The number of rotatable bonds is 8. The summed E-state index contributed by atoms with van der Waals surface area (Å²) in [6, 6.07) is 9.66. The van der Waals surface area contributed by atoms with Crippen LogP contribution in [0.25, 0.3) is 0 Å². The van der Waals surface area contributed by atoms with Gasteiger partial charge in [-0.2, -0.15) is 0 Å². The number of ether oxygens (including phenoxy) is 1. The normalized spacial score (nSPS) is 16.6. The molecule has 0 heterocycles. The van der Waals surface area contributed by atoms with Crippen LogP contribution in [-0.2, 0) is 0 Å². The van der Waals surface area contributed by atoms with Crippen molar-refractivity contribution in [3.8, 4) is 5.75 Å². The summed E-state index contributed by atoms with van der Waals surface area (Å²) in [5, 5.41) is 3.33. The molecule has 0 aliphatic heterocycles. The molecule has 0 amide bonds. The highest BCUT2D eigenvalue weighted by Gasteiger charge is 2.25. The van der Waals surface area contributed by atoms with E-state index in [1.165, 1.54) is 18.4 Å². The lowest BCUT2D eigenvalue weighted by Crippen LogP contribution is -2.26. The largest absolute Gasteiger partial charge is 0.492 e. The van der Waals surface area contributed by atoms with Crippen molar-refractivity contribution in [3.63, 3.8) is 0 Å². The molecule has 1 aliphatic carbocycles. The zero-order valence-corrected chi connectivity index (χ0v) is 12.4. The van der Waals surface area contributed by atoms with Crippen LogP contribution in [0.5, 0.6) is 5.75 Å². The van der Waals surface area contributed by atoms with E-state index in [-0.39, 0.29) is 0 Å². The lowest BCUT2D eigenvalue weighted by molar-refractivity contribution is 0.231. The summed E-state index contributed by atoms with van der Waals surface area (Å²) in [5.41, 5.74) is 1.30. The van der Waals surface area contributed by atoms with E-state index in [9.17, 15) is 0 Å². The van der Waals surface area contributed by atoms with Gasteiger partial charge in [-0.05, 0) is 51.1 Å². The minimum atomic E-state index is 0.415. The second-order valence-electron chi connectivity index (χ2n) is 5.38. The Morgan fingerprint density at radius 2 is 2.21 bits per heavy atom. The summed E-state index contributed by atoms with van der Waals surface area (Å²) in [7, 11) is 4.19. The van der Waals surface area contributed by atoms with E-state index in [1.807, 2.05) is 13.1 Å². The highest BCUT2D eigenvalue weighted by molar-refractivity contribution is 5.30. The summed E-state index contributed by atoms with van der Waals surface area (Å²) < 4.78 is 5.86. The Morgan fingerprint density at radius 1 is 1.42 bits per heavy atom. The molecule has 1 unspecified atom stereocenters. The van der Waals surface area contributed by atoms with Crippen molar-refractivity contribution in [1.29, 1.82) is 0 Å². The first kappa shape index (κ1) is 14.4. The molecule has 0 bridgehead atoms. The van der Waals surface area contributed by atoms with Crippen molar-refractivity contribution >= 4 is 0 Å². The monoisotopic (exact) mass is 262 g/mol. The van der Waals surface area contributed by atoms with Crippen LogP contribution in [-0.4, -0.2) is 38.2 Å². The van der Waals surface area contributed by atoms with Crippen molar-refractivity contribution < 1.29 is 4.74 Å². The van der Waals surface area contributed by atoms with Crippen molar-refractivity contribution in [2.75, 3.05) is 27.2 Å². The molecule has 3 nitrogen and oxygen atoms in total. The summed E-state index contributed by atoms with van der Waals surface area (Å²) in [6.45, 7) is 3.98. The molecule has 1 aromatic carbocycles. The molecule has 0 radical (unpaired) electrons. The molecule has 1 aromatic rings. The Balaban J connectivity index is 1.84. The maximum atomic E-state index is 5.86. The number of benzene rings is 1. The number of likely N-dealkylation sites (N-methyl/N-ethyl adjacent to an activating group) is 1. The van der Waals surface area contributed by atoms with Crippen LogP contribution in [0.15, 0.2) is 24.3 Å². The first-order chi connectivity index (χ1) is 9.24. The average molecular weight is 262 g/mol. The molecule has 106 valence electrons. The quantitative estimate of drug-likeness (QED) is 0.779. The Morgan fingerprint density at radius 3 is 2.84 bits per heavy atom. The minimum absolute atomic E-state index is 0.415. The van der Waals surface area contributed by atoms with Gasteiger partial charge in [-0.1, -0.05) is 19.1 Å². The molecule has 0 aromatic heterocycles. The zero-order chi connectivity index (χ0) is 13.7. The molecule has 2 rings (SSSR count). The van der Waals surface area contributed by atoms with Gasteiger partial charge in [0.1, 0.15) is 12.4 Å². The van der Waals surface area contributed by atoms with Gasteiger partial charge in [-0.3, -0.25) is 0 Å². The molecular formula is C16H26N2O. The fourth-order valence-corrected chi connectivity index (χ4v) is 2.43. The lowest BCUT2D eigenvalue weighted by Gasteiger charge is -2.17. The van der Waals surface area contributed by atoms with E-state index in [1.54, 1.807) is 0 Å². The van der Waals surface area contributed by atoms with Crippen LogP contribution in [0.2, 0.25) is 0 Å². The topological polar surface area (TPSA) is 24.5 Å². The van der Waals surface area contributed by atoms with Gasteiger partial charge in [0, 0.05) is 18.6 Å². The van der Waals surface area contributed by atoms with E-state index in [0.29, 0.717) is 6.04 Å². The Hall–Kier alpha value is -1.06. The first-order valence-electron chi connectivity index (χ1n) is 7.35. The second-order valence-corrected chi connectivity index (χ2v) is 5.38. The maximum absolute atomic E-state index is 5.86. The number of nitrogens with zero attached hydrogens (tertiary/aromatic N) is 1. The zero-order valence-electron chi connectivity index (χ0n) is 12.4. The van der Waals surface area contributed by atoms with Crippen molar-refractivity contribution in [2.45, 2.75) is 38.3 Å². The number of nitrogens with one attached hydrogen (secondary N) is 1. The predicted molar refractivity (Wildman–Crippen MR) is 79.7 cm³/mol. The van der Waals surface area contributed by atoms with Crippen molar-refractivity contribution in [1.82, 2.24) is 10.2 Å². The molecule has 1 aliphatic rings. The molecular weight excluding hydrogens is 236 g/mol. The van der Waals surface area contributed by atoms with E-state index < -0.39 is 0 Å². The summed E-state index contributed by atoms with van der Waals surface area (Å²) in [4.78, 5) is 2.40. The maximum Gasteiger partial charge on any atom is 0.119 e. The number of hydrogen-bond acceptors (Lipinski definition) is 3. The fraction of sp³-hybridized carbons (Fsp3) is 0.625. The molecule has 0 spiro atoms. The molecule has 3 heteroatoms. The van der Waals surface area contributed by atoms with Crippen LogP contribution >= 0.6 is 0 Å². The second kappa shape index (κ2) is 6.92. The third kappa shape index (κ3) is 4.22. The third-order valence-corrected chi connectivity index (χ3v) is 3.90. The van der Waals surface area contributed by atoms with Gasteiger partial charge in [0.15, 0.2) is 0 Å². The van der Waals surface area contributed by atoms with Gasteiger partial charge in [0.05, 0.1) is 0 Å². The summed E-state index contributed by atoms with van der Waals surface area (Å²) in [6.07, 6.45) is 3.79. The predicted octanol–water partition coefficient (Wildman–Crippen LogP) is 2.83. The van der Waals surface area contributed by atoms with E-state index >= 15 is 0 Å². The van der Waals surface area contributed by atoms with Crippen LogP contribution in [0.3, 0.4) is 0 Å². The van der Waals surface area contributed by atoms with Crippen LogP contribution in [0, 0.1) is 0 Å². The molecule has 1 fully saturated rings. The van der Waals surface area contributed by atoms with E-state index in [2.05, 4.69) is 42.4 Å². The average Bonchev–Trinajstić information content (AvgIpc) is 3.25. The van der Waals surface area contributed by atoms with Crippen LogP contribution in [0.4, 0.5) is 0 Å². The Labute approximate surface area is 116 Å². The Bertz CT molecular complexity index is 386. The third-order valence-electron chi connectivity index (χ3n) is 3.90. The fourth-order valence-electron chi connectivity index (χ4n) is 2.43. The highest BCUT2D eigenvalue weighted by atomic mass is 16.5. The number of hydrogen-bond donors (Lipinski definition) is 1. The first-order valence-corrected chi connectivity index (χ1v) is 7.35. The molecule has 1 N–H and O–H groups in total. The molecule has 1 saturated carbocycles. The van der Waals surface area contributed by atoms with Gasteiger partial charge in [-0.15, -0.1) is 0 Å². The van der Waals surface area contributed by atoms with Crippen LogP contribution < -0.4 is 10.1 Å². The molecule has 1 atom stereocenters. The molecule has 19 heavy (non-hydrogen) atoms. The smallest absolute Gasteiger partial charge is 0.119 e. The van der Waals surface area contributed by atoms with Gasteiger partial charge in [0.25, 0.3) is 0 Å². The van der Waals surface area contributed by atoms with Gasteiger partial charge < -0.3 is 15.0 Å².